The lowest BCUT2D eigenvalue weighted by molar-refractivity contribution is 0.126. The van der Waals surface area contributed by atoms with Crippen LogP contribution in [0.2, 0.25) is 0 Å². The van der Waals surface area contributed by atoms with E-state index < -0.39 is 18.2 Å². The molecule has 0 aromatic heterocycles. The number of phenols is 2. The number of rotatable bonds is 8. The number of phenolic OH excluding ortho intramolecular Hbond substituents is 2. The van der Waals surface area contributed by atoms with Gasteiger partial charge in [-0.1, -0.05) is 78.9 Å². The lowest BCUT2D eigenvalue weighted by Gasteiger charge is -2.27. The largest absolute Gasteiger partial charge is 0.508 e. The second-order valence-electron chi connectivity index (χ2n) is 10.6. The molecule has 1 aliphatic rings. The minimum Gasteiger partial charge on any atom is -0.508 e. The molecule has 0 bridgehead atoms. The van der Waals surface area contributed by atoms with Gasteiger partial charge in [0.25, 0.3) is 5.17 Å². The zero-order valence-electron chi connectivity index (χ0n) is 23.2. The third kappa shape index (κ3) is 6.09. The first-order valence-corrected chi connectivity index (χ1v) is 14.5. The molecule has 43 heavy (non-hydrogen) atoms. The van der Waals surface area contributed by atoms with Crippen molar-refractivity contribution in [3.8, 4) is 33.8 Å². The van der Waals surface area contributed by atoms with Crippen molar-refractivity contribution in [2.75, 3.05) is 4.90 Å². The van der Waals surface area contributed by atoms with Crippen molar-refractivity contribution < 1.29 is 24.4 Å². The highest BCUT2D eigenvalue weighted by Gasteiger charge is 2.42. The molecular weight excluding hydrogens is 561 g/mol. The SMILES string of the molecule is Oc1cccc(-c2ccc(C3C(CCC(O)c4ccc(F)cc4)OC(=S)N3c3ccc(-c4ccccc4)cc3)c(O)c2)c1. The van der Waals surface area contributed by atoms with Crippen molar-refractivity contribution in [2.24, 2.45) is 0 Å². The highest BCUT2D eigenvalue weighted by molar-refractivity contribution is 7.80. The summed E-state index contributed by atoms with van der Waals surface area (Å²) in [5.41, 5.74) is 5.73. The summed E-state index contributed by atoms with van der Waals surface area (Å²) < 4.78 is 19.7. The van der Waals surface area contributed by atoms with Gasteiger partial charge in [-0.05, 0) is 95.3 Å². The Hall–Kier alpha value is -4.72. The van der Waals surface area contributed by atoms with E-state index in [2.05, 4.69) is 12.1 Å². The number of anilines is 1. The maximum absolute atomic E-state index is 13.4. The fourth-order valence-corrected chi connectivity index (χ4v) is 5.97. The van der Waals surface area contributed by atoms with Crippen LogP contribution in [0, 0.1) is 5.82 Å². The predicted octanol–water partition coefficient (Wildman–Crippen LogP) is 8.32. The van der Waals surface area contributed by atoms with E-state index in [1.165, 1.54) is 12.1 Å². The highest BCUT2D eigenvalue weighted by atomic mass is 32.1. The third-order valence-electron chi connectivity index (χ3n) is 7.84. The number of ether oxygens (including phenoxy) is 1. The average molecular weight is 592 g/mol. The van der Waals surface area contributed by atoms with E-state index in [0.717, 1.165) is 27.9 Å². The van der Waals surface area contributed by atoms with Crippen LogP contribution in [0.25, 0.3) is 22.3 Å². The molecule has 3 unspecified atom stereocenters. The summed E-state index contributed by atoms with van der Waals surface area (Å²) in [5, 5.41) is 32.4. The van der Waals surface area contributed by atoms with Gasteiger partial charge < -0.3 is 20.1 Å². The Balaban J connectivity index is 1.33. The maximum atomic E-state index is 13.4. The topological polar surface area (TPSA) is 73.2 Å². The highest BCUT2D eigenvalue weighted by Crippen LogP contribution is 2.44. The van der Waals surface area contributed by atoms with Crippen molar-refractivity contribution in [3.63, 3.8) is 0 Å². The minimum atomic E-state index is -0.820. The number of aromatic hydroxyl groups is 2. The summed E-state index contributed by atoms with van der Waals surface area (Å²) in [6.07, 6.45) is -0.526. The number of benzene rings is 5. The number of nitrogens with zero attached hydrogens (tertiary/aromatic N) is 1. The normalized spacial score (nSPS) is 17.1. The Bertz CT molecular complexity index is 1730. The molecule has 6 rings (SSSR count). The molecule has 0 radical (unpaired) electrons. The van der Waals surface area contributed by atoms with Crippen LogP contribution in [0.4, 0.5) is 10.1 Å². The molecule has 5 aromatic rings. The van der Waals surface area contributed by atoms with Crippen molar-refractivity contribution in [1.82, 2.24) is 0 Å². The zero-order valence-corrected chi connectivity index (χ0v) is 24.0. The molecule has 1 saturated heterocycles. The van der Waals surface area contributed by atoms with Gasteiger partial charge in [0.2, 0.25) is 0 Å². The molecule has 3 N–H and O–H groups in total. The summed E-state index contributed by atoms with van der Waals surface area (Å²) in [6, 6.07) is 35.7. The lowest BCUT2D eigenvalue weighted by atomic mass is 9.92. The van der Waals surface area contributed by atoms with E-state index in [1.54, 1.807) is 36.4 Å². The molecular formula is C36H30FNO4S. The second-order valence-corrected chi connectivity index (χ2v) is 11.0. The van der Waals surface area contributed by atoms with E-state index in [1.807, 2.05) is 65.6 Å². The van der Waals surface area contributed by atoms with Crippen LogP contribution < -0.4 is 4.90 Å². The van der Waals surface area contributed by atoms with E-state index >= 15 is 0 Å². The van der Waals surface area contributed by atoms with Crippen LogP contribution in [0.3, 0.4) is 0 Å². The molecule has 0 spiro atoms. The van der Waals surface area contributed by atoms with Crippen molar-refractivity contribution in [2.45, 2.75) is 31.1 Å². The zero-order chi connectivity index (χ0) is 29.9. The summed E-state index contributed by atoms with van der Waals surface area (Å²) in [5.74, 6) is -0.159. The fraction of sp³-hybridized carbons (Fsp3) is 0.139. The molecule has 3 atom stereocenters. The molecule has 5 nitrogen and oxygen atoms in total. The Morgan fingerprint density at radius 3 is 2.09 bits per heavy atom. The lowest BCUT2D eigenvalue weighted by Crippen LogP contribution is -2.29. The first-order valence-electron chi connectivity index (χ1n) is 14.1. The van der Waals surface area contributed by atoms with Gasteiger partial charge in [-0.15, -0.1) is 0 Å². The van der Waals surface area contributed by atoms with Crippen LogP contribution in [0.1, 0.15) is 36.1 Å². The van der Waals surface area contributed by atoms with Gasteiger partial charge in [0.1, 0.15) is 29.5 Å². The second kappa shape index (κ2) is 12.3. The summed E-state index contributed by atoms with van der Waals surface area (Å²) in [7, 11) is 0. The van der Waals surface area contributed by atoms with Crippen molar-refractivity contribution in [3.05, 3.63) is 138 Å². The molecule has 0 saturated carbocycles. The molecule has 0 amide bonds. The first kappa shape index (κ1) is 28.4. The van der Waals surface area contributed by atoms with Crippen molar-refractivity contribution in [1.29, 1.82) is 0 Å². The Labute approximate surface area is 255 Å². The van der Waals surface area contributed by atoms with Crippen LogP contribution in [0.5, 0.6) is 11.5 Å². The molecule has 5 aromatic carbocycles. The van der Waals surface area contributed by atoms with Crippen LogP contribution >= 0.6 is 12.2 Å². The number of thiocarbonyl (C=S) groups is 1. The number of aliphatic hydroxyl groups excluding tert-OH is 1. The molecule has 1 heterocycles. The number of hydrogen-bond donors (Lipinski definition) is 3. The summed E-state index contributed by atoms with van der Waals surface area (Å²) in [4.78, 5) is 1.90. The minimum absolute atomic E-state index is 0.0640. The Morgan fingerprint density at radius 1 is 0.744 bits per heavy atom. The maximum Gasteiger partial charge on any atom is 0.264 e. The molecule has 1 aliphatic heterocycles. The monoisotopic (exact) mass is 591 g/mol. The molecule has 0 aliphatic carbocycles. The number of hydrogen-bond acceptors (Lipinski definition) is 5. The van der Waals surface area contributed by atoms with E-state index in [-0.39, 0.29) is 22.5 Å². The third-order valence-corrected chi connectivity index (χ3v) is 8.13. The van der Waals surface area contributed by atoms with Gasteiger partial charge in [-0.25, -0.2) is 4.39 Å². The van der Waals surface area contributed by atoms with E-state index in [4.69, 9.17) is 17.0 Å². The Morgan fingerprint density at radius 2 is 1.40 bits per heavy atom. The van der Waals surface area contributed by atoms with Crippen LogP contribution in [-0.2, 0) is 4.74 Å². The fourth-order valence-electron chi connectivity index (χ4n) is 5.63. The molecule has 216 valence electrons. The summed E-state index contributed by atoms with van der Waals surface area (Å²) >= 11 is 5.74. The van der Waals surface area contributed by atoms with Gasteiger partial charge in [0.05, 0.1) is 6.10 Å². The summed E-state index contributed by atoms with van der Waals surface area (Å²) in [6.45, 7) is 0. The van der Waals surface area contributed by atoms with Gasteiger partial charge in [0, 0.05) is 11.3 Å². The van der Waals surface area contributed by atoms with Gasteiger partial charge in [-0.3, -0.25) is 4.90 Å². The predicted molar refractivity (Wildman–Crippen MR) is 170 cm³/mol. The standard InChI is InChI=1S/C36H30FNO4S/c37-28-14-9-25(10-15-28)32(40)19-20-34-35(31-18-13-27(22-33(31)41)26-7-4-8-30(39)21-26)38(36(43)42-34)29-16-11-24(12-17-29)23-5-2-1-3-6-23/h1-18,21-22,32,34-35,39-41H,19-20H2. The van der Waals surface area contributed by atoms with Gasteiger partial charge >= 0.3 is 0 Å². The van der Waals surface area contributed by atoms with Crippen LogP contribution in [-0.4, -0.2) is 26.6 Å². The van der Waals surface area contributed by atoms with Gasteiger partial charge in [-0.2, -0.15) is 0 Å². The van der Waals surface area contributed by atoms with Crippen molar-refractivity contribution >= 4 is 23.1 Å². The van der Waals surface area contributed by atoms with E-state index in [9.17, 15) is 19.7 Å². The number of halogens is 1. The van der Waals surface area contributed by atoms with Crippen LogP contribution in [0.15, 0.2) is 121 Å². The smallest absolute Gasteiger partial charge is 0.264 e. The Kier molecular flexibility index (Phi) is 8.09. The molecule has 7 heteroatoms. The average Bonchev–Trinajstić information content (AvgIpc) is 3.36. The molecule has 1 fully saturated rings. The number of aliphatic hydroxyl groups is 1. The quantitative estimate of drug-likeness (QED) is 0.158. The van der Waals surface area contributed by atoms with Gasteiger partial charge in [0.15, 0.2) is 0 Å². The first-order chi connectivity index (χ1) is 20.9. The van der Waals surface area contributed by atoms with E-state index in [0.29, 0.717) is 24.0 Å².